The molecule has 1 aromatic heterocycles. The maximum Gasteiger partial charge on any atom is 0.471 e. The number of alkyl halides is 3. The fourth-order valence-electron chi connectivity index (χ4n) is 3.04. The predicted octanol–water partition coefficient (Wildman–Crippen LogP) is 4.29. The van der Waals surface area contributed by atoms with Crippen LogP contribution in [-0.4, -0.2) is 53.3 Å². The van der Waals surface area contributed by atoms with Gasteiger partial charge in [0.2, 0.25) is 6.41 Å². The average molecular weight is 496 g/mol. The molecular weight excluding hydrogens is 477 g/mol. The number of ketones is 1. The molecule has 1 aliphatic heterocycles. The first-order valence-electron chi connectivity index (χ1n) is 9.34. The molecule has 0 spiro atoms. The standard InChI is InChI=1S/C12H8Cl2FNO.C8H11F3N2O2/c1-6-4-7(5-16-6)12(17)10-8(13)2-3-9(14)11(10)15;9-8(10,11)7(15)13-3-1-6(2-4-13)12-5-14/h2-5,16H,1H3;5-6H,1-4H2,(H,12,14). The van der Waals surface area contributed by atoms with E-state index in [0.29, 0.717) is 24.8 Å². The zero-order valence-corrected chi connectivity index (χ0v) is 18.2. The third-order valence-corrected chi connectivity index (χ3v) is 5.30. The van der Waals surface area contributed by atoms with Crippen LogP contribution in [0.25, 0.3) is 0 Å². The SMILES string of the molecule is Cc1cc(C(=O)c2c(Cl)ccc(Cl)c2F)c[nH]1.O=CNC1CCN(C(=O)C(F)(F)F)CC1. The first kappa shape index (κ1) is 25.7. The maximum atomic E-state index is 13.8. The lowest BCUT2D eigenvalue weighted by Gasteiger charge is -2.31. The van der Waals surface area contributed by atoms with Crippen LogP contribution in [0, 0.1) is 12.7 Å². The monoisotopic (exact) mass is 495 g/mol. The van der Waals surface area contributed by atoms with Crippen LogP contribution in [0.3, 0.4) is 0 Å². The predicted molar refractivity (Wildman–Crippen MR) is 110 cm³/mol. The molecule has 3 rings (SSSR count). The summed E-state index contributed by atoms with van der Waals surface area (Å²) in [5.74, 6) is -3.07. The van der Waals surface area contributed by atoms with Gasteiger partial charge in [0, 0.05) is 36.6 Å². The van der Waals surface area contributed by atoms with Crippen LogP contribution in [0.15, 0.2) is 24.4 Å². The van der Waals surface area contributed by atoms with Gasteiger partial charge in [-0.1, -0.05) is 23.2 Å². The van der Waals surface area contributed by atoms with Gasteiger partial charge in [0.15, 0.2) is 11.6 Å². The number of piperidine rings is 1. The molecule has 1 aromatic carbocycles. The first-order chi connectivity index (χ1) is 15.0. The number of nitrogens with zero attached hydrogens (tertiary/aromatic N) is 1. The number of aryl methyl sites for hydroxylation is 1. The zero-order chi connectivity index (χ0) is 24.1. The molecule has 2 aromatic rings. The van der Waals surface area contributed by atoms with E-state index < -0.39 is 23.7 Å². The number of carbonyl (C=O) groups excluding carboxylic acids is 3. The quantitative estimate of drug-likeness (QED) is 0.287. The largest absolute Gasteiger partial charge is 0.471 e. The summed E-state index contributed by atoms with van der Waals surface area (Å²) < 4.78 is 49.8. The third-order valence-electron chi connectivity index (χ3n) is 4.69. The highest BCUT2D eigenvalue weighted by molar-refractivity contribution is 6.37. The maximum absolute atomic E-state index is 13.8. The molecule has 2 amide bonds. The average Bonchev–Trinajstić information content (AvgIpc) is 3.17. The van der Waals surface area contributed by atoms with Gasteiger partial charge in [0.25, 0.3) is 0 Å². The minimum absolute atomic E-state index is 0.0316. The number of benzene rings is 1. The van der Waals surface area contributed by atoms with Crippen molar-refractivity contribution in [3.63, 3.8) is 0 Å². The lowest BCUT2D eigenvalue weighted by atomic mass is 10.1. The van der Waals surface area contributed by atoms with Gasteiger partial charge in [-0.25, -0.2) is 4.39 Å². The van der Waals surface area contributed by atoms with Crippen molar-refractivity contribution in [2.75, 3.05) is 13.1 Å². The molecule has 0 radical (unpaired) electrons. The van der Waals surface area contributed by atoms with Crippen molar-refractivity contribution in [2.45, 2.75) is 32.0 Å². The Morgan fingerprint density at radius 1 is 1.19 bits per heavy atom. The Kier molecular flexibility index (Phi) is 8.68. The lowest BCUT2D eigenvalue weighted by molar-refractivity contribution is -0.186. The van der Waals surface area contributed by atoms with Crippen molar-refractivity contribution >= 4 is 41.3 Å². The second kappa shape index (κ2) is 10.8. The molecule has 1 fully saturated rings. The molecule has 0 saturated carbocycles. The first-order valence-corrected chi connectivity index (χ1v) is 10.1. The molecule has 32 heavy (non-hydrogen) atoms. The summed E-state index contributed by atoms with van der Waals surface area (Å²) >= 11 is 11.5. The number of rotatable bonds is 4. The molecule has 174 valence electrons. The summed E-state index contributed by atoms with van der Waals surface area (Å²) in [5.41, 5.74) is 0.968. The van der Waals surface area contributed by atoms with Crippen LogP contribution in [0.2, 0.25) is 10.0 Å². The molecule has 0 atom stereocenters. The molecule has 1 saturated heterocycles. The Bertz CT molecular complexity index is 987. The van der Waals surface area contributed by atoms with Gasteiger partial charge in [-0.3, -0.25) is 14.4 Å². The number of hydrogen-bond acceptors (Lipinski definition) is 3. The van der Waals surface area contributed by atoms with E-state index in [-0.39, 0.29) is 34.7 Å². The number of H-pyrrole nitrogens is 1. The van der Waals surface area contributed by atoms with Crippen molar-refractivity contribution < 1.29 is 31.9 Å². The summed E-state index contributed by atoms with van der Waals surface area (Å²) in [7, 11) is 0. The molecule has 1 aliphatic rings. The topological polar surface area (TPSA) is 82.3 Å². The van der Waals surface area contributed by atoms with Crippen LogP contribution in [0.1, 0.15) is 34.5 Å². The minimum atomic E-state index is -4.80. The van der Waals surface area contributed by atoms with Crippen LogP contribution in [-0.2, 0) is 9.59 Å². The summed E-state index contributed by atoms with van der Waals surface area (Å²) in [6.07, 6.45) is -2.05. The summed E-state index contributed by atoms with van der Waals surface area (Å²) in [5, 5.41) is 2.41. The molecule has 2 heterocycles. The molecule has 2 N–H and O–H groups in total. The fraction of sp³-hybridized carbons (Fsp3) is 0.350. The normalized spacial score (nSPS) is 14.4. The van der Waals surface area contributed by atoms with Crippen molar-refractivity contribution in [3.05, 3.63) is 57.1 Å². The van der Waals surface area contributed by atoms with Gasteiger partial charge in [-0.05, 0) is 38.0 Å². The van der Waals surface area contributed by atoms with E-state index in [0.717, 1.165) is 10.6 Å². The number of carbonyl (C=O) groups is 3. The number of nitrogens with one attached hydrogen (secondary N) is 2. The van der Waals surface area contributed by atoms with E-state index >= 15 is 0 Å². The number of aromatic amines is 1. The van der Waals surface area contributed by atoms with Gasteiger partial charge in [-0.2, -0.15) is 13.2 Å². The second-order valence-electron chi connectivity index (χ2n) is 6.97. The Balaban J connectivity index is 0.000000229. The molecule has 0 unspecified atom stereocenters. The number of amides is 2. The smallest absolute Gasteiger partial charge is 0.364 e. The van der Waals surface area contributed by atoms with Crippen molar-refractivity contribution in [3.8, 4) is 0 Å². The van der Waals surface area contributed by atoms with Crippen LogP contribution in [0.4, 0.5) is 17.6 Å². The lowest BCUT2D eigenvalue weighted by Crippen LogP contribution is -2.48. The van der Waals surface area contributed by atoms with E-state index in [2.05, 4.69) is 10.3 Å². The molecule has 0 aliphatic carbocycles. The van der Waals surface area contributed by atoms with Crippen molar-refractivity contribution in [1.29, 1.82) is 0 Å². The summed E-state index contributed by atoms with van der Waals surface area (Å²) in [6.45, 7) is 1.86. The highest BCUT2D eigenvalue weighted by atomic mass is 35.5. The number of halogens is 6. The number of likely N-dealkylation sites (tertiary alicyclic amines) is 1. The van der Waals surface area contributed by atoms with Gasteiger partial charge in [-0.15, -0.1) is 0 Å². The zero-order valence-electron chi connectivity index (χ0n) is 16.7. The van der Waals surface area contributed by atoms with E-state index in [4.69, 9.17) is 23.2 Å². The Morgan fingerprint density at radius 3 is 2.28 bits per heavy atom. The van der Waals surface area contributed by atoms with Crippen LogP contribution >= 0.6 is 23.2 Å². The van der Waals surface area contributed by atoms with Gasteiger partial charge >= 0.3 is 12.1 Å². The molecule has 6 nitrogen and oxygen atoms in total. The fourth-order valence-corrected chi connectivity index (χ4v) is 3.43. The molecular formula is C20H19Cl2F4N3O3. The molecule has 0 bridgehead atoms. The second-order valence-corrected chi connectivity index (χ2v) is 7.78. The summed E-state index contributed by atoms with van der Waals surface area (Å²) in [6, 6.07) is 4.22. The van der Waals surface area contributed by atoms with E-state index in [1.54, 1.807) is 13.0 Å². The van der Waals surface area contributed by atoms with Crippen LogP contribution in [0.5, 0.6) is 0 Å². The van der Waals surface area contributed by atoms with Gasteiger partial charge < -0.3 is 15.2 Å². The Hall–Kier alpha value is -2.59. The summed E-state index contributed by atoms with van der Waals surface area (Å²) in [4.78, 5) is 36.5. The molecule has 12 heteroatoms. The Labute approximate surface area is 190 Å². The van der Waals surface area contributed by atoms with Crippen molar-refractivity contribution in [1.82, 2.24) is 15.2 Å². The highest BCUT2D eigenvalue weighted by Crippen LogP contribution is 2.28. The minimum Gasteiger partial charge on any atom is -0.364 e. The van der Waals surface area contributed by atoms with Crippen LogP contribution < -0.4 is 5.32 Å². The highest BCUT2D eigenvalue weighted by Gasteiger charge is 2.43. The Morgan fingerprint density at radius 2 is 1.78 bits per heavy atom. The van der Waals surface area contributed by atoms with Gasteiger partial charge in [0.1, 0.15) is 0 Å². The number of hydrogen-bond donors (Lipinski definition) is 2. The van der Waals surface area contributed by atoms with E-state index in [1.165, 1.54) is 18.3 Å². The van der Waals surface area contributed by atoms with Crippen molar-refractivity contribution in [2.24, 2.45) is 0 Å². The van der Waals surface area contributed by atoms with Gasteiger partial charge in [0.05, 0.1) is 15.6 Å². The number of aromatic nitrogens is 1. The van der Waals surface area contributed by atoms with E-state index in [1.807, 2.05) is 0 Å². The third kappa shape index (κ3) is 6.46. The van der Waals surface area contributed by atoms with E-state index in [9.17, 15) is 31.9 Å².